The number of rotatable bonds is 6. The van der Waals surface area contributed by atoms with Crippen molar-refractivity contribution in [1.82, 2.24) is 15.0 Å². The van der Waals surface area contributed by atoms with Crippen molar-refractivity contribution < 1.29 is 9.32 Å². The molecule has 0 bridgehead atoms. The summed E-state index contributed by atoms with van der Waals surface area (Å²) in [7, 11) is 0. The van der Waals surface area contributed by atoms with Crippen molar-refractivity contribution in [1.29, 1.82) is 0 Å². The molecule has 5 nitrogen and oxygen atoms in total. The molecule has 1 aliphatic rings. The Morgan fingerprint density at radius 2 is 2.24 bits per heavy atom. The molecule has 6 heteroatoms. The maximum Gasteiger partial charge on any atom is 0.227 e. The fraction of sp³-hybridized carbons (Fsp3) is 0.526. The number of alkyl halides is 1. The predicted molar refractivity (Wildman–Crippen MR) is 101 cm³/mol. The molecule has 1 amide bonds. The number of halogens is 1. The zero-order chi connectivity index (χ0) is 17.6. The summed E-state index contributed by atoms with van der Waals surface area (Å²) in [4.78, 5) is 18.8. The normalized spacial score (nSPS) is 17.7. The Morgan fingerprint density at radius 3 is 3.04 bits per heavy atom. The monoisotopic (exact) mass is 405 g/mol. The van der Waals surface area contributed by atoms with E-state index in [0.717, 1.165) is 55.2 Å². The molecule has 2 aromatic rings. The molecule has 2 heterocycles. The fourth-order valence-electron chi connectivity index (χ4n) is 3.35. The van der Waals surface area contributed by atoms with Crippen molar-refractivity contribution in [2.24, 2.45) is 5.92 Å². The molecule has 1 aromatic carbocycles. The standard InChI is InChI=1S/C19H24BrN3O2/c1-14-6-2-3-8-16(14)19-21-17(25-22-19)12-15-7-5-11-23(13-15)18(24)9-4-10-20/h2-3,6,8,15H,4-5,7,9-13H2,1H3. The van der Waals surface area contributed by atoms with E-state index in [-0.39, 0.29) is 5.91 Å². The molecule has 0 spiro atoms. The molecule has 0 N–H and O–H groups in total. The third-order valence-corrected chi connectivity index (χ3v) is 5.27. The number of aromatic nitrogens is 2. The molecular weight excluding hydrogens is 382 g/mol. The molecular formula is C19H24BrN3O2. The quantitative estimate of drug-likeness (QED) is 0.681. The van der Waals surface area contributed by atoms with Crippen molar-refractivity contribution in [3.05, 3.63) is 35.7 Å². The first-order valence-corrected chi connectivity index (χ1v) is 10.0. The van der Waals surface area contributed by atoms with Crippen molar-refractivity contribution in [3.8, 4) is 11.4 Å². The van der Waals surface area contributed by atoms with Crippen LogP contribution in [-0.4, -0.2) is 39.4 Å². The summed E-state index contributed by atoms with van der Waals surface area (Å²) in [6, 6.07) is 8.04. The average Bonchev–Trinajstić information content (AvgIpc) is 3.08. The van der Waals surface area contributed by atoms with E-state index in [1.807, 2.05) is 36.1 Å². The van der Waals surface area contributed by atoms with E-state index in [9.17, 15) is 4.79 Å². The highest BCUT2D eigenvalue weighted by Gasteiger charge is 2.25. The lowest BCUT2D eigenvalue weighted by atomic mass is 9.94. The minimum absolute atomic E-state index is 0.260. The van der Waals surface area contributed by atoms with Crippen LogP contribution >= 0.6 is 15.9 Å². The Bertz CT molecular complexity index is 716. The average molecular weight is 406 g/mol. The van der Waals surface area contributed by atoms with Gasteiger partial charge in [0, 0.05) is 36.8 Å². The first kappa shape index (κ1) is 18.1. The number of piperidine rings is 1. The van der Waals surface area contributed by atoms with Gasteiger partial charge in [-0.25, -0.2) is 0 Å². The summed E-state index contributed by atoms with van der Waals surface area (Å²) in [6.07, 6.45) is 4.40. The first-order chi connectivity index (χ1) is 12.2. The van der Waals surface area contributed by atoms with Crippen molar-refractivity contribution in [2.45, 2.75) is 39.0 Å². The maximum atomic E-state index is 12.2. The molecule has 1 unspecified atom stereocenters. The van der Waals surface area contributed by atoms with Crippen LogP contribution in [0.1, 0.15) is 37.1 Å². The van der Waals surface area contributed by atoms with Crippen molar-refractivity contribution >= 4 is 21.8 Å². The molecule has 0 saturated carbocycles. The number of likely N-dealkylation sites (tertiary alicyclic amines) is 1. The van der Waals surface area contributed by atoms with Gasteiger partial charge in [-0.05, 0) is 37.7 Å². The molecule has 134 valence electrons. The Balaban J connectivity index is 1.61. The summed E-state index contributed by atoms with van der Waals surface area (Å²) >= 11 is 3.39. The van der Waals surface area contributed by atoms with Gasteiger partial charge in [-0.3, -0.25) is 4.79 Å². The van der Waals surface area contributed by atoms with Gasteiger partial charge in [-0.15, -0.1) is 0 Å². The second-order valence-electron chi connectivity index (χ2n) is 6.67. The van der Waals surface area contributed by atoms with Crippen LogP contribution in [0.2, 0.25) is 0 Å². The lowest BCUT2D eigenvalue weighted by molar-refractivity contribution is -0.133. The van der Waals surface area contributed by atoms with Gasteiger partial charge in [-0.1, -0.05) is 45.4 Å². The zero-order valence-corrected chi connectivity index (χ0v) is 16.2. The number of aryl methyl sites for hydroxylation is 1. The fourth-order valence-corrected chi connectivity index (χ4v) is 3.63. The number of nitrogens with zero attached hydrogens (tertiary/aromatic N) is 3. The smallest absolute Gasteiger partial charge is 0.227 e. The molecule has 1 atom stereocenters. The third-order valence-electron chi connectivity index (χ3n) is 4.71. The maximum absolute atomic E-state index is 12.2. The lowest BCUT2D eigenvalue weighted by Gasteiger charge is -2.32. The van der Waals surface area contributed by atoms with Gasteiger partial charge < -0.3 is 9.42 Å². The summed E-state index contributed by atoms with van der Waals surface area (Å²) in [5.41, 5.74) is 2.14. The summed E-state index contributed by atoms with van der Waals surface area (Å²) in [5, 5.41) is 5.01. The molecule has 1 saturated heterocycles. The third kappa shape index (κ3) is 4.69. The van der Waals surface area contributed by atoms with Crippen LogP contribution in [0.15, 0.2) is 28.8 Å². The van der Waals surface area contributed by atoms with Gasteiger partial charge in [0.15, 0.2) is 0 Å². The van der Waals surface area contributed by atoms with Gasteiger partial charge in [0.1, 0.15) is 0 Å². The SMILES string of the molecule is Cc1ccccc1-c1noc(CC2CCCN(C(=O)CCCBr)C2)n1. The number of hydrogen-bond acceptors (Lipinski definition) is 4. The molecule has 0 aliphatic carbocycles. The van der Waals surface area contributed by atoms with Crippen molar-refractivity contribution in [3.63, 3.8) is 0 Å². The second kappa shape index (κ2) is 8.61. The largest absolute Gasteiger partial charge is 0.342 e. The highest BCUT2D eigenvalue weighted by atomic mass is 79.9. The number of benzene rings is 1. The molecule has 1 aliphatic heterocycles. The molecule has 1 aromatic heterocycles. The van der Waals surface area contributed by atoms with Crippen LogP contribution in [0.3, 0.4) is 0 Å². The molecule has 25 heavy (non-hydrogen) atoms. The van der Waals surface area contributed by atoms with Gasteiger partial charge in [0.05, 0.1) is 0 Å². The number of carbonyl (C=O) groups is 1. The number of carbonyl (C=O) groups excluding carboxylic acids is 1. The Morgan fingerprint density at radius 1 is 1.40 bits per heavy atom. The summed E-state index contributed by atoms with van der Waals surface area (Å²) < 4.78 is 5.47. The second-order valence-corrected chi connectivity index (χ2v) is 7.46. The van der Waals surface area contributed by atoms with Crippen LogP contribution in [0.4, 0.5) is 0 Å². The van der Waals surface area contributed by atoms with E-state index in [4.69, 9.17) is 4.52 Å². The minimum Gasteiger partial charge on any atom is -0.342 e. The van der Waals surface area contributed by atoms with Crippen LogP contribution in [0, 0.1) is 12.8 Å². The Kier molecular flexibility index (Phi) is 6.24. The highest BCUT2D eigenvalue weighted by molar-refractivity contribution is 9.09. The summed E-state index contributed by atoms with van der Waals surface area (Å²) in [5.74, 6) is 1.97. The molecule has 0 radical (unpaired) electrons. The van der Waals surface area contributed by atoms with E-state index in [2.05, 4.69) is 26.1 Å². The molecule has 3 rings (SSSR count). The highest BCUT2D eigenvalue weighted by Crippen LogP contribution is 2.24. The summed E-state index contributed by atoms with van der Waals surface area (Å²) in [6.45, 7) is 3.71. The van der Waals surface area contributed by atoms with Gasteiger partial charge in [0.25, 0.3) is 0 Å². The van der Waals surface area contributed by atoms with Gasteiger partial charge in [0.2, 0.25) is 17.6 Å². The zero-order valence-electron chi connectivity index (χ0n) is 14.6. The lowest BCUT2D eigenvalue weighted by Crippen LogP contribution is -2.40. The van der Waals surface area contributed by atoms with Crippen LogP contribution in [-0.2, 0) is 11.2 Å². The van der Waals surface area contributed by atoms with Crippen LogP contribution < -0.4 is 0 Å². The molecule has 1 fully saturated rings. The number of hydrogen-bond donors (Lipinski definition) is 0. The van der Waals surface area contributed by atoms with E-state index in [1.54, 1.807) is 0 Å². The van der Waals surface area contributed by atoms with E-state index < -0.39 is 0 Å². The van der Waals surface area contributed by atoms with Crippen LogP contribution in [0.5, 0.6) is 0 Å². The van der Waals surface area contributed by atoms with Gasteiger partial charge >= 0.3 is 0 Å². The first-order valence-electron chi connectivity index (χ1n) is 8.89. The minimum atomic E-state index is 0.260. The van der Waals surface area contributed by atoms with Crippen LogP contribution in [0.25, 0.3) is 11.4 Å². The van der Waals surface area contributed by atoms with Gasteiger partial charge in [-0.2, -0.15) is 4.98 Å². The number of amides is 1. The van der Waals surface area contributed by atoms with E-state index in [1.165, 1.54) is 0 Å². The Labute approximate surface area is 156 Å². The topological polar surface area (TPSA) is 59.2 Å². The van der Waals surface area contributed by atoms with Crippen molar-refractivity contribution in [2.75, 3.05) is 18.4 Å². The predicted octanol–water partition coefficient (Wildman–Crippen LogP) is 4.00. The van der Waals surface area contributed by atoms with E-state index in [0.29, 0.717) is 24.1 Å². The van der Waals surface area contributed by atoms with E-state index >= 15 is 0 Å². The Hall–Kier alpha value is -1.69.